The maximum atomic E-state index is 2.53. The zero-order chi connectivity index (χ0) is 33.3. The lowest BCUT2D eigenvalue weighted by molar-refractivity contribution is 0.802. The fourth-order valence-corrected chi connectivity index (χ4v) is 9.96. The molecule has 0 saturated heterocycles. The van der Waals surface area contributed by atoms with Crippen LogP contribution < -0.4 is 0 Å². The van der Waals surface area contributed by atoms with E-state index < -0.39 is 5.41 Å². The predicted molar refractivity (Wildman–Crippen MR) is 215 cm³/mol. The third-order valence-corrected chi connectivity index (χ3v) is 12.0. The second-order valence-corrected chi connectivity index (χ2v) is 14.4. The van der Waals surface area contributed by atoms with Crippen LogP contribution in [0.3, 0.4) is 0 Å². The summed E-state index contributed by atoms with van der Waals surface area (Å²) in [6, 6.07) is 68.7. The zero-order valence-corrected chi connectivity index (χ0v) is 27.8. The van der Waals surface area contributed by atoms with Crippen LogP contribution in [-0.2, 0) is 5.41 Å². The van der Waals surface area contributed by atoms with Crippen LogP contribution >= 0.6 is 0 Å². The first-order chi connectivity index (χ1) is 25.3. The third kappa shape index (κ3) is 3.44. The van der Waals surface area contributed by atoms with E-state index in [9.17, 15) is 0 Å². The number of fused-ring (bicyclic) bond motifs is 12. The van der Waals surface area contributed by atoms with Crippen molar-refractivity contribution in [1.82, 2.24) is 0 Å². The Labute approximate surface area is 296 Å². The normalized spacial score (nSPS) is 13.6. The average Bonchev–Trinajstić information content (AvgIpc) is 3.67. The molecule has 2 aliphatic carbocycles. The molecule has 2 aliphatic rings. The van der Waals surface area contributed by atoms with Crippen LogP contribution in [0.2, 0.25) is 0 Å². The molecule has 0 aliphatic heterocycles. The van der Waals surface area contributed by atoms with Crippen LogP contribution in [0, 0.1) is 0 Å². The summed E-state index contributed by atoms with van der Waals surface area (Å²) in [6.45, 7) is 0. The minimum atomic E-state index is -0.464. The summed E-state index contributed by atoms with van der Waals surface area (Å²) in [5.41, 5.74) is 15.4. The molecule has 10 aromatic rings. The minimum absolute atomic E-state index is 0.464. The van der Waals surface area contributed by atoms with E-state index >= 15 is 0 Å². The Hall–Kier alpha value is -6.50. The van der Waals surface area contributed by atoms with Gasteiger partial charge in [-0.25, -0.2) is 0 Å². The second-order valence-electron chi connectivity index (χ2n) is 14.4. The van der Waals surface area contributed by atoms with Crippen molar-refractivity contribution in [2.75, 3.05) is 0 Å². The summed E-state index contributed by atoms with van der Waals surface area (Å²) >= 11 is 0. The van der Waals surface area contributed by atoms with E-state index in [1.165, 1.54) is 110 Å². The predicted octanol–water partition coefficient (Wildman–Crippen LogP) is 13.4. The largest absolute Gasteiger partial charge is 0.0731 e. The first-order valence-electron chi connectivity index (χ1n) is 17.9. The molecule has 0 atom stereocenters. The molecule has 0 heteroatoms. The number of benzene rings is 10. The highest BCUT2D eigenvalue weighted by atomic mass is 14.5. The maximum Gasteiger partial charge on any atom is 0.0731 e. The van der Waals surface area contributed by atoms with Gasteiger partial charge in [0.05, 0.1) is 5.41 Å². The van der Waals surface area contributed by atoms with Crippen LogP contribution in [0.5, 0.6) is 0 Å². The zero-order valence-electron chi connectivity index (χ0n) is 27.8. The van der Waals surface area contributed by atoms with Crippen LogP contribution in [0.1, 0.15) is 22.3 Å². The fraction of sp³-hybridized carbons (Fsp3) is 0.0196. The fourth-order valence-electron chi connectivity index (χ4n) is 9.96. The van der Waals surface area contributed by atoms with Crippen molar-refractivity contribution < 1.29 is 0 Å². The summed E-state index contributed by atoms with van der Waals surface area (Å²) in [5.74, 6) is 0. The summed E-state index contributed by atoms with van der Waals surface area (Å²) in [5, 5.41) is 10.5. The number of hydrogen-bond donors (Lipinski definition) is 0. The molecule has 10 aromatic carbocycles. The van der Waals surface area contributed by atoms with Gasteiger partial charge in [0.1, 0.15) is 0 Å². The Balaban J connectivity index is 1.22. The highest BCUT2D eigenvalue weighted by Gasteiger charge is 2.53. The van der Waals surface area contributed by atoms with Gasteiger partial charge in [0.25, 0.3) is 0 Å². The van der Waals surface area contributed by atoms with Gasteiger partial charge in [-0.3, -0.25) is 0 Å². The van der Waals surface area contributed by atoms with Crippen LogP contribution in [0.4, 0.5) is 0 Å². The Morgan fingerprint density at radius 2 is 0.882 bits per heavy atom. The van der Waals surface area contributed by atoms with E-state index in [-0.39, 0.29) is 0 Å². The number of rotatable bonds is 2. The molecular weight excluding hydrogens is 613 g/mol. The molecule has 0 bridgehead atoms. The highest BCUT2D eigenvalue weighted by Crippen LogP contribution is 2.65. The lowest BCUT2D eigenvalue weighted by atomic mass is 9.69. The lowest BCUT2D eigenvalue weighted by Crippen LogP contribution is -2.26. The molecule has 0 N–H and O–H groups in total. The molecule has 0 amide bonds. The minimum Gasteiger partial charge on any atom is -0.0622 e. The quantitative estimate of drug-likeness (QED) is 0.165. The first kappa shape index (κ1) is 27.3. The monoisotopic (exact) mass is 642 g/mol. The summed E-state index contributed by atoms with van der Waals surface area (Å²) < 4.78 is 0. The van der Waals surface area contributed by atoms with Crippen molar-refractivity contribution in [3.05, 3.63) is 204 Å². The van der Waals surface area contributed by atoms with Gasteiger partial charge < -0.3 is 0 Å². The van der Waals surface area contributed by atoms with Gasteiger partial charge in [-0.15, -0.1) is 0 Å². The third-order valence-electron chi connectivity index (χ3n) is 12.0. The van der Waals surface area contributed by atoms with Crippen molar-refractivity contribution in [2.24, 2.45) is 0 Å². The van der Waals surface area contributed by atoms with Gasteiger partial charge in [0.2, 0.25) is 0 Å². The van der Waals surface area contributed by atoms with Gasteiger partial charge in [-0.2, -0.15) is 0 Å². The van der Waals surface area contributed by atoms with Gasteiger partial charge in [0, 0.05) is 0 Å². The van der Waals surface area contributed by atoms with Crippen LogP contribution in [0.25, 0.3) is 87.6 Å². The summed E-state index contributed by atoms with van der Waals surface area (Å²) in [7, 11) is 0. The van der Waals surface area contributed by atoms with Gasteiger partial charge >= 0.3 is 0 Å². The average molecular weight is 643 g/mol. The summed E-state index contributed by atoms with van der Waals surface area (Å²) in [4.78, 5) is 0. The van der Waals surface area contributed by atoms with Crippen LogP contribution in [-0.4, -0.2) is 0 Å². The Kier molecular flexibility index (Phi) is 5.26. The Morgan fingerprint density at radius 1 is 0.294 bits per heavy atom. The SMILES string of the molecule is c1ccc(-c2cc3ccccc3c3c2-c2ccc(-c4cc5ccc6cccc7ccc(c4)c5c67)cc2C32c3ccccc3-c3ccccc32)cc1. The lowest BCUT2D eigenvalue weighted by Gasteiger charge is -2.32. The summed E-state index contributed by atoms with van der Waals surface area (Å²) in [6.07, 6.45) is 0. The molecule has 0 aromatic heterocycles. The molecule has 0 unspecified atom stereocenters. The van der Waals surface area contributed by atoms with Crippen molar-refractivity contribution in [2.45, 2.75) is 5.41 Å². The molecule has 12 rings (SSSR count). The van der Waals surface area contributed by atoms with Crippen LogP contribution in [0.15, 0.2) is 182 Å². The maximum absolute atomic E-state index is 2.53. The van der Waals surface area contributed by atoms with E-state index in [4.69, 9.17) is 0 Å². The van der Waals surface area contributed by atoms with Crippen molar-refractivity contribution >= 4 is 43.1 Å². The topological polar surface area (TPSA) is 0 Å². The molecule has 51 heavy (non-hydrogen) atoms. The van der Waals surface area contributed by atoms with E-state index in [0.717, 1.165) is 0 Å². The molecule has 234 valence electrons. The molecule has 0 fully saturated rings. The van der Waals surface area contributed by atoms with E-state index in [0.29, 0.717) is 0 Å². The van der Waals surface area contributed by atoms with E-state index in [1.807, 2.05) is 0 Å². The molecule has 0 radical (unpaired) electrons. The molecular formula is C51H30. The molecule has 0 saturated carbocycles. The van der Waals surface area contributed by atoms with Gasteiger partial charge in [-0.1, -0.05) is 158 Å². The smallest absolute Gasteiger partial charge is 0.0622 e. The Bertz CT molecular complexity index is 2960. The van der Waals surface area contributed by atoms with Crippen molar-refractivity contribution in [3.8, 4) is 44.5 Å². The highest BCUT2D eigenvalue weighted by molar-refractivity contribution is 6.23. The molecule has 0 heterocycles. The molecule has 1 spiro atoms. The van der Waals surface area contributed by atoms with E-state index in [1.54, 1.807) is 0 Å². The van der Waals surface area contributed by atoms with Crippen molar-refractivity contribution in [3.63, 3.8) is 0 Å². The van der Waals surface area contributed by atoms with Gasteiger partial charge in [0.15, 0.2) is 0 Å². The van der Waals surface area contributed by atoms with Gasteiger partial charge in [-0.05, 0) is 134 Å². The van der Waals surface area contributed by atoms with Crippen molar-refractivity contribution in [1.29, 1.82) is 0 Å². The standard InChI is InChI=1S/C51H30/c1-2-11-31(12-3-1)43-29-35-13-4-5-16-39(35)50-49(43)42-26-25-34(30-46(42)51(50)44-19-8-6-17-40(44)41-18-7-9-20-45(41)51)38-27-36-23-21-32-14-10-15-33-22-24-37(28-38)48(36)47(32)33/h1-30H. The second kappa shape index (κ2) is 9.81. The first-order valence-corrected chi connectivity index (χ1v) is 17.9. The van der Waals surface area contributed by atoms with E-state index in [2.05, 4.69) is 182 Å². The Morgan fingerprint density at radius 3 is 1.61 bits per heavy atom. The molecule has 0 nitrogen and oxygen atoms in total. The number of hydrogen-bond acceptors (Lipinski definition) is 0.